The Labute approximate surface area is 182 Å². The maximum absolute atomic E-state index is 12.1. The average molecular weight is 468 g/mol. The Morgan fingerprint density at radius 1 is 1.23 bits per heavy atom. The second-order valence-corrected chi connectivity index (χ2v) is 8.07. The molecule has 11 heteroatoms. The number of hydrogen-bond acceptors (Lipinski definition) is 6. The SMILES string of the molecule is O=C(COc1ccc(Cl)cc1)N[C@@H]1CC[C@@H](C(O)COC2CC(OC(F)(F)F)C2)OC1. The van der Waals surface area contributed by atoms with Gasteiger partial charge in [0.25, 0.3) is 5.91 Å². The van der Waals surface area contributed by atoms with Gasteiger partial charge in [0.05, 0.1) is 37.6 Å². The number of benzene rings is 1. The average Bonchev–Trinajstić information content (AvgIpc) is 2.68. The number of alkyl halides is 3. The summed E-state index contributed by atoms with van der Waals surface area (Å²) in [5, 5.41) is 13.6. The standard InChI is InChI=1S/C20H25ClF3NO6/c21-12-1-4-14(5-2-12)29-11-19(27)25-13-3-6-18(30-9-13)17(26)10-28-15-7-16(8-15)31-20(22,23)24/h1-2,4-5,13,15-18,26H,3,6-11H2,(H,25,27)/t13-,15?,16?,17?,18+/m1/s1. The van der Waals surface area contributed by atoms with Crippen LogP contribution in [0.2, 0.25) is 5.02 Å². The molecule has 1 aromatic carbocycles. The highest BCUT2D eigenvalue weighted by molar-refractivity contribution is 6.30. The van der Waals surface area contributed by atoms with Crippen molar-refractivity contribution in [1.29, 1.82) is 0 Å². The van der Waals surface area contributed by atoms with Crippen molar-refractivity contribution in [2.45, 2.75) is 62.5 Å². The lowest BCUT2D eigenvalue weighted by atomic mass is 9.92. The Hall–Kier alpha value is -1.59. The fourth-order valence-corrected chi connectivity index (χ4v) is 3.54. The molecule has 174 valence electrons. The fourth-order valence-electron chi connectivity index (χ4n) is 3.42. The van der Waals surface area contributed by atoms with E-state index in [0.717, 1.165) is 0 Å². The molecule has 1 amide bonds. The van der Waals surface area contributed by atoms with Crippen LogP contribution < -0.4 is 10.1 Å². The van der Waals surface area contributed by atoms with Crippen molar-refractivity contribution in [2.24, 2.45) is 0 Å². The molecule has 0 bridgehead atoms. The van der Waals surface area contributed by atoms with Crippen LogP contribution in [0.4, 0.5) is 13.2 Å². The predicted molar refractivity (Wildman–Crippen MR) is 104 cm³/mol. The van der Waals surface area contributed by atoms with Gasteiger partial charge in [-0.25, -0.2) is 0 Å². The van der Waals surface area contributed by atoms with Crippen LogP contribution >= 0.6 is 11.6 Å². The van der Waals surface area contributed by atoms with E-state index in [1.165, 1.54) is 0 Å². The Kier molecular flexibility index (Phi) is 8.40. The minimum Gasteiger partial charge on any atom is -0.484 e. The third-order valence-electron chi connectivity index (χ3n) is 5.14. The molecule has 7 nitrogen and oxygen atoms in total. The zero-order chi connectivity index (χ0) is 22.4. The van der Waals surface area contributed by atoms with Crippen molar-refractivity contribution in [3.63, 3.8) is 0 Å². The molecule has 0 aromatic heterocycles. The molecule has 31 heavy (non-hydrogen) atoms. The van der Waals surface area contributed by atoms with Gasteiger partial charge in [0.15, 0.2) is 6.61 Å². The summed E-state index contributed by atoms with van der Waals surface area (Å²) in [6, 6.07) is 6.47. The number of nitrogens with one attached hydrogen (secondary N) is 1. The number of hydrogen-bond donors (Lipinski definition) is 2. The summed E-state index contributed by atoms with van der Waals surface area (Å²) in [6.07, 6.45) is -5.84. The highest BCUT2D eigenvalue weighted by Gasteiger charge is 2.41. The second-order valence-electron chi connectivity index (χ2n) is 7.64. The van der Waals surface area contributed by atoms with Gasteiger partial charge < -0.3 is 24.6 Å². The molecule has 1 aliphatic heterocycles. The van der Waals surface area contributed by atoms with Gasteiger partial charge in [-0.3, -0.25) is 9.53 Å². The van der Waals surface area contributed by atoms with Crippen LogP contribution in [0, 0.1) is 0 Å². The van der Waals surface area contributed by atoms with Gasteiger partial charge >= 0.3 is 6.36 Å². The third kappa shape index (κ3) is 8.12. The van der Waals surface area contributed by atoms with Crippen molar-refractivity contribution in [2.75, 3.05) is 19.8 Å². The van der Waals surface area contributed by atoms with Gasteiger partial charge in [-0.05, 0) is 37.1 Å². The van der Waals surface area contributed by atoms with Gasteiger partial charge in [0.2, 0.25) is 0 Å². The maximum atomic E-state index is 12.1. The molecule has 2 fully saturated rings. The van der Waals surface area contributed by atoms with Crippen LogP contribution in [-0.4, -0.2) is 67.7 Å². The highest BCUT2D eigenvalue weighted by atomic mass is 35.5. The van der Waals surface area contributed by atoms with E-state index in [1.54, 1.807) is 24.3 Å². The third-order valence-corrected chi connectivity index (χ3v) is 5.40. The summed E-state index contributed by atoms with van der Waals surface area (Å²) in [4.78, 5) is 12.0. The first kappa shape index (κ1) is 24.1. The van der Waals surface area contributed by atoms with Crippen LogP contribution in [0.1, 0.15) is 25.7 Å². The van der Waals surface area contributed by atoms with E-state index in [-0.39, 0.29) is 50.7 Å². The normalized spacial score (nSPS) is 27.3. The summed E-state index contributed by atoms with van der Waals surface area (Å²) >= 11 is 5.79. The molecule has 3 rings (SSSR count). The molecule has 3 atom stereocenters. The number of carbonyl (C=O) groups excluding carboxylic acids is 1. The molecule has 1 heterocycles. The summed E-state index contributed by atoms with van der Waals surface area (Å²) in [6.45, 7) is 0.0673. The number of aliphatic hydroxyl groups excluding tert-OH is 1. The summed E-state index contributed by atoms with van der Waals surface area (Å²) in [5.74, 6) is 0.247. The smallest absolute Gasteiger partial charge is 0.484 e. The van der Waals surface area contributed by atoms with Crippen LogP contribution in [0.5, 0.6) is 5.75 Å². The zero-order valence-corrected chi connectivity index (χ0v) is 17.4. The first-order chi connectivity index (χ1) is 14.7. The molecule has 2 aliphatic rings. The molecule has 1 saturated heterocycles. The first-order valence-electron chi connectivity index (χ1n) is 10.0. The van der Waals surface area contributed by atoms with E-state index in [4.69, 9.17) is 25.8 Å². The van der Waals surface area contributed by atoms with Gasteiger partial charge in [-0.2, -0.15) is 0 Å². The first-order valence-corrected chi connectivity index (χ1v) is 10.4. The highest BCUT2D eigenvalue weighted by Crippen LogP contribution is 2.32. The Morgan fingerprint density at radius 3 is 2.55 bits per heavy atom. The van der Waals surface area contributed by atoms with Crippen LogP contribution in [-0.2, 0) is 19.0 Å². The Morgan fingerprint density at radius 2 is 1.94 bits per heavy atom. The number of rotatable bonds is 9. The Bertz CT molecular complexity index is 706. The van der Waals surface area contributed by atoms with Crippen LogP contribution in [0.15, 0.2) is 24.3 Å². The van der Waals surface area contributed by atoms with Crippen molar-refractivity contribution in [3.05, 3.63) is 29.3 Å². The number of amides is 1. The van der Waals surface area contributed by atoms with Gasteiger partial charge in [-0.1, -0.05) is 11.6 Å². The van der Waals surface area contributed by atoms with E-state index < -0.39 is 24.7 Å². The van der Waals surface area contributed by atoms with Crippen molar-refractivity contribution >= 4 is 17.5 Å². The van der Waals surface area contributed by atoms with E-state index in [9.17, 15) is 23.1 Å². The number of ether oxygens (including phenoxy) is 4. The lowest BCUT2D eigenvalue weighted by Crippen LogP contribution is -2.48. The summed E-state index contributed by atoms with van der Waals surface area (Å²) in [5.41, 5.74) is 0. The number of carbonyl (C=O) groups is 1. The van der Waals surface area contributed by atoms with Crippen molar-refractivity contribution in [1.82, 2.24) is 5.32 Å². The van der Waals surface area contributed by atoms with Crippen LogP contribution in [0.25, 0.3) is 0 Å². The molecule has 0 spiro atoms. The molecule has 1 unspecified atom stereocenters. The van der Waals surface area contributed by atoms with E-state index in [0.29, 0.717) is 23.6 Å². The molecule has 1 saturated carbocycles. The lowest BCUT2D eigenvalue weighted by molar-refractivity contribution is -0.357. The maximum Gasteiger partial charge on any atom is 0.522 e. The predicted octanol–water partition coefficient (Wildman–Crippen LogP) is 2.83. The van der Waals surface area contributed by atoms with Crippen molar-refractivity contribution < 1.29 is 42.0 Å². The minimum absolute atomic E-state index is 0.0277. The molecule has 2 N–H and O–H groups in total. The number of aliphatic hydroxyl groups is 1. The van der Waals surface area contributed by atoms with Gasteiger partial charge in [-0.15, -0.1) is 13.2 Å². The number of halogens is 4. The second kappa shape index (κ2) is 10.8. The monoisotopic (exact) mass is 467 g/mol. The Balaban J connectivity index is 1.27. The summed E-state index contributed by atoms with van der Waals surface area (Å²) in [7, 11) is 0. The topological polar surface area (TPSA) is 86.3 Å². The van der Waals surface area contributed by atoms with E-state index in [2.05, 4.69) is 10.1 Å². The molecule has 1 aliphatic carbocycles. The molecule has 1 aromatic rings. The summed E-state index contributed by atoms with van der Waals surface area (Å²) < 4.78 is 56.7. The largest absolute Gasteiger partial charge is 0.522 e. The molecular formula is C20H25ClF3NO6. The quantitative estimate of drug-likeness (QED) is 0.581. The fraction of sp³-hybridized carbons (Fsp3) is 0.650. The van der Waals surface area contributed by atoms with E-state index in [1.807, 2.05) is 0 Å². The van der Waals surface area contributed by atoms with E-state index >= 15 is 0 Å². The zero-order valence-electron chi connectivity index (χ0n) is 16.6. The minimum atomic E-state index is -4.64. The van der Waals surface area contributed by atoms with Crippen LogP contribution in [0.3, 0.4) is 0 Å². The van der Waals surface area contributed by atoms with Crippen molar-refractivity contribution in [3.8, 4) is 5.75 Å². The van der Waals surface area contributed by atoms with Gasteiger partial charge in [0, 0.05) is 17.9 Å². The van der Waals surface area contributed by atoms with Gasteiger partial charge in [0.1, 0.15) is 11.9 Å². The molecular weight excluding hydrogens is 443 g/mol. The lowest BCUT2D eigenvalue weighted by Gasteiger charge is -2.37. The molecule has 0 radical (unpaired) electrons.